The third kappa shape index (κ3) is 3.45. The monoisotopic (exact) mass is 340 g/mol. The highest BCUT2D eigenvalue weighted by molar-refractivity contribution is 6.03. The van der Waals surface area contributed by atoms with Crippen molar-refractivity contribution in [1.82, 2.24) is 5.32 Å². The van der Waals surface area contributed by atoms with Crippen LogP contribution in [0.25, 0.3) is 0 Å². The predicted molar refractivity (Wildman–Crippen MR) is 97.4 cm³/mol. The van der Waals surface area contributed by atoms with Gasteiger partial charge in [0.2, 0.25) is 0 Å². The zero-order valence-electron chi connectivity index (χ0n) is 15.0. The first-order chi connectivity index (χ1) is 12.0. The van der Waals surface area contributed by atoms with Gasteiger partial charge in [-0.2, -0.15) is 0 Å². The van der Waals surface area contributed by atoms with Crippen LogP contribution in [0.2, 0.25) is 0 Å². The van der Waals surface area contributed by atoms with E-state index >= 15 is 0 Å². The third-order valence-corrected chi connectivity index (χ3v) is 4.90. The van der Waals surface area contributed by atoms with Gasteiger partial charge in [-0.25, -0.2) is 0 Å². The second-order valence-electron chi connectivity index (χ2n) is 6.64. The molecule has 5 nitrogen and oxygen atoms in total. The summed E-state index contributed by atoms with van der Waals surface area (Å²) in [5.74, 6) is 0.759. The molecule has 0 saturated heterocycles. The topological polar surface area (TPSA) is 62.6 Å². The molecular formula is C20H24N2O3. The molecule has 1 aromatic carbocycles. The number of aryl methyl sites for hydroxylation is 1. The lowest BCUT2D eigenvalue weighted by Crippen LogP contribution is -2.40. The lowest BCUT2D eigenvalue weighted by molar-refractivity contribution is 0.0917. The Balaban J connectivity index is 1.66. The fraction of sp³-hybridized carbons (Fsp3) is 0.400. The van der Waals surface area contributed by atoms with E-state index in [9.17, 15) is 9.59 Å². The summed E-state index contributed by atoms with van der Waals surface area (Å²) in [6.45, 7) is 4.33. The van der Waals surface area contributed by atoms with Gasteiger partial charge < -0.3 is 14.6 Å². The van der Waals surface area contributed by atoms with Gasteiger partial charge in [0.15, 0.2) is 11.5 Å². The predicted octanol–water partition coefficient (Wildman–Crippen LogP) is 3.36. The summed E-state index contributed by atoms with van der Waals surface area (Å²) in [5.41, 5.74) is 2.38. The van der Waals surface area contributed by atoms with Crippen LogP contribution in [0.1, 0.15) is 52.0 Å². The summed E-state index contributed by atoms with van der Waals surface area (Å²) in [6, 6.07) is 10.2. The minimum absolute atomic E-state index is 0.0822. The summed E-state index contributed by atoms with van der Waals surface area (Å²) in [7, 11) is 2.00. The number of benzene rings is 1. The van der Waals surface area contributed by atoms with Crippen molar-refractivity contribution in [1.29, 1.82) is 0 Å². The molecule has 2 aromatic rings. The van der Waals surface area contributed by atoms with Gasteiger partial charge in [-0.05, 0) is 32.4 Å². The summed E-state index contributed by atoms with van der Waals surface area (Å²) in [6.07, 6.45) is 2.05. The highest BCUT2D eigenvalue weighted by atomic mass is 16.4. The maximum absolute atomic E-state index is 12.5. The van der Waals surface area contributed by atoms with Gasteiger partial charge in [0.05, 0.1) is 5.56 Å². The Labute approximate surface area is 148 Å². The number of likely N-dealkylation sites (N-methyl/N-ethyl adjacent to an activating group) is 1. The van der Waals surface area contributed by atoms with Crippen LogP contribution in [0, 0.1) is 6.92 Å². The summed E-state index contributed by atoms with van der Waals surface area (Å²) >= 11 is 0. The fourth-order valence-electron chi connectivity index (χ4n) is 3.24. The highest BCUT2D eigenvalue weighted by Crippen LogP contribution is 2.29. The lowest BCUT2D eigenvalue weighted by atomic mass is 9.94. The molecule has 0 saturated carbocycles. The zero-order valence-corrected chi connectivity index (χ0v) is 15.0. The number of anilines is 1. The van der Waals surface area contributed by atoms with Crippen molar-refractivity contribution in [2.24, 2.45) is 0 Å². The molecule has 3 rings (SSSR count). The number of nitrogens with zero attached hydrogens (tertiary/aromatic N) is 1. The van der Waals surface area contributed by atoms with E-state index in [4.69, 9.17) is 4.42 Å². The van der Waals surface area contributed by atoms with Crippen molar-refractivity contribution >= 4 is 17.4 Å². The lowest BCUT2D eigenvalue weighted by Gasteiger charge is -2.27. The van der Waals surface area contributed by atoms with Crippen LogP contribution >= 0.6 is 0 Å². The number of Topliss-reactive ketones (excluding diaryl/α,β-unsaturated/α-hetero) is 1. The number of hydrogen-bond donors (Lipinski definition) is 1. The van der Waals surface area contributed by atoms with E-state index in [-0.39, 0.29) is 23.5 Å². The molecule has 0 bridgehead atoms. The normalized spacial score (nSPS) is 14.8. The van der Waals surface area contributed by atoms with Crippen molar-refractivity contribution in [3.63, 3.8) is 0 Å². The molecule has 132 valence electrons. The minimum atomic E-state index is -0.256. The Hall–Kier alpha value is -2.56. The molecule has 1 amide bonds. The Morgan fingerprint density at radius 3 is 2.68 bits per heavy atom. The van der Waals surface area contributed by atoms with Crippen molar-refractivity contribution in [2.75, 3.05) is 18.5 Å². The molecule has 5 heteroatoms. The quantitative estimate of drug-likeness (QED) is 0.906. The summed E-state index contributed by atoms with van der Waals surface area (Å²) in [4.78, 5) is 26.7. The van der Waals surface area contributed by atoms with E-state index in [2.05, 4.69) is 17.1 Å². The molecule has 1 aliphatic rings. The molecule has 1 N–H and O–H groups in total. The Bertz CT molecular complexity index is 780. The van der Waals surface area contributed by atoms with Gasteiger partial charge in [-0.3, -0.25) is 9.59 Å². The fourth-order valence-corrected chi connectivity index (χ4v) is 3.24. The average Bonchev–Trinajstić information content (AvgIpc) is 2.97. The van der Waals surface area contributed by atoms with E-state index in [0.717, 1.165) is 18.5 Å². The molecule has 1 atom stereocenters. The van der Waals surface area contributed by atoms with Crippen molar-refractivity contribution in [3.05, 3.63) is 53.0 Å². The van der Waals surface area contributed by atoms with E-state index in [1.54, 1.807) is 6.92 Å². The largest absolute Gasteiger partial charge is 0.455 e. The van der Waals surface area contributed by atoms with Gasteiger partial charge in [-0.1, -0.05) is 18.2 Å². The smallest absolute Gasteiger partial charge is 0.287 e. The van der Waals surface area contributed by atoms with Gasteiger partial charge in [0, 0.05) is 43.7 Å². The molecule has 0 radical (unpaired) electrons. The number of carbonyl (C=O) groups excluding carboxylic acids is 2. The molecule has 0 aliphatic heterocycles. The Kier molecular flexibility index (Phi) is 4.93. The number of carbonyl (C=O) groups is 2. The molecule has 1 unspecified atom stereocenters. The number of fused-ring (bicyclic) bond motifs is 1. The number of amides is 1. The van der Waals surface area contributed by atoms with E-state index < -0.39 is 0 Å². The van der Waals surface area contributed by atoms with Gasteiger partial charge in [0.25, 0.3) is 5.91 Å². The van der Waals surface area contributed by atoms with Crippen molar-refractivity contribution in [2.45, 2.75) is 39.2 Å². The van der Waals surface area contributed by atoms with Crippen molar-refractivity contribution < 1.29 is 14.0 Å². The summed E-state index contributed by atoms with van der Waals surface area (Å²) < 4.78 is 5.70. The first-order valence-corrected chi connectivity index (χ1v) is 8.70. The first kappa shape index (κ1) is 17.3. The van der Waals surface area contributed by atoms with Crippen LogP contribution in [0.5, 0.6) is 0 Å². The minimum Gasteiger partial charge on any atom is -0.455 e. The van der Waals surface area contributed by atoms with Crippen LogP contribution in [0.4, 0.5) is 5.69 Å². The standard InChI is InChI=1S/C20H24N2O3/c1-13(22(3)15-8-5-4-6-9-15)12-21-20(24)19-14(2)18-16(23)10-7-11-17(18)25-19/h4-6,8-9,13H,7,10-12H2,1-3H3,(H,21,24). The van der Waals surface area contributed by atoms with Gasteiger partial charge >= 0.3 is 0 Å². The van der Waals surface area contributed by atoms with E-state index in [0.29, 0.717) is 29.9 Å². The van der Waals surface area contributed by atoms with E-state index in [1.165, 1.54) is 0 Å². The van der Waals surface area contributed by atoms with Crippen LogP contribution in [-0.2, 0) is 6.42 Å². The third-order valence-electron chi connectivity index (χ3n) is 4.90. The number of ketones is 1. The van der Waals surface area contributed by atoms with Crippen LogP contribution in [0.15, 0.2) is 34.7 Å². The number of furan rings is 1. The molecule has 0 spiro atoms. The molecular weight excluding hydrogens is 316 g/mol. The van der Waals surface area contributed by atoms with Gasteiger partial charge in [-0.15, -0.1) is 0 Å². The van der Waals surface area contributed by atoms with Crippen LogP contribution in [-0.4, -0.2) is 31.3 Å². The maximum atomic E-state index is 12.5. The zero-order chi connectivity index (χ0) is 18.0. The van der Waals surface area contributed by atoms with E-state index in [1.807, 2.05) is 37.4 Å². The second kappa shape index (κ2) is 7.13. The summed E-state index contributed by atoms with van der Waals surface area (Å²) in [5, 5.41) is 2.93. The maximum Gasteiger partial charge on any atom is 0.287 e. The first-order valence-electron chi connectivity index (χ1n) is 8.70. The van der Waals surface area contributed by atoms with Crippen LogP contribution < -0.4 is 10.2 Å². The second-order valence-corrected chi connectivity index (χ2v) is 6.64. The molecule has 1 aliphatic carbocycles. The van der Waals surface area contributed by atoms with Gasteiger partial charge in [0.1, 0.15) is 5.76 Å². The number of nitrogens with one attached hydrogen (secondary N) is 1. The molecule has 1 heterocycles. The van der Waals surface area contributed by atoms with Crippen LogP contribution in [0.3, 0.4) is 0 Å². The number of para-hydroxylation sites is 1. The number of hydrogen-bond acceptors (Lipinski definition) is 4. The van der Waals surface area contributed by atoms with Crippen molar-refractivity contribution in [3.8, 4) is 0 Å². The SMILES string of the molecule is Cc1c(C(=O)NCC(C)N(C)c2ccccc2)oc2c1C(=O)CCC2. The Morgan fingerprint density at radius 1 is 1.28 bits per heavy atom. The molecule has 1 aromatic heterocycles. The highest BCUT2D eigenvalue weighted by Gasteiger charge is 2.28. The Morgan fingerprint density at radius 2 is 2.00 bits per heavy atom. The number of rotatable bonds is 5. The molecule has 25 heavy (non-hydrogen) atoms. The molecule has 0 fully saturated rings. The average molecular weight is 340 g/mol.